The van der Waals surface area contributed by atoms with Crippen molar-refractivity contribution >= 4 is 23.2 Å². The molecule has 0 amide bonds. The van der Waals surface area contributed by atoms with E-state index in [0.717, 1.165) is 59.6 Å². The Hall–Kier alpha value is -3.77. The van der Waals surface area contributed by atoms with Gasteiger partial charge in [-0.1, -0.05) is 53.9 Å². The van der Waals surface area contributed by atoms with Crippen molar-refractivity contribution in [3.05, 3.63) is 99.7 Å². The van der Waals surface area contributed by atoms with E-state index in [1.807, 2.05) is 61.5 Å². The predicted molar refractivity (Wildman–Crippen MR) is 148 cm³/mol. The van der Waals surface area contributed by atoms with Gasteiger partial charge in [0.15, 0.2) is 0 Å². The van der Waals surface area contributed by atoms with E-state index in [1.54, 1.807) is 31.0 Å². The molecule has 0 spiro atoms. The zero-order valence-corrected chi connectivity index (χ0v) is 22.2. The van der Waals surface area contributed by atoms with Gasteiger partial charge in [0.2, 0.25) is 5.78 Å². The maximum Gasteiger partial charge on any atom is 0.213 e. The lowest BCUT2D eigenvalue weighted by Crippen LogP contribution is -2.06. The fraction of sp³-hybridized carbons (Fsp3) is 0.267. The molecule has 3 aromatic carbocycles. The van der Waals surface area contributed by atoms with E-state index in [4.69, 9.17) is 26.8 Å². The molecule has 0 aliphatic carbocycles. The molecule has 6 nitrogen and oxygen atoms in total. The highest BCUT2D eigenvalue weighted by Crippen LogP contribution is 2.28. The largest absolute Gasteiger partial charge is 0.497 e. The van der Waals surface area contributed by atoms with Crippen LogP contribution in [0.2, 0.25) is 5.02 Å². The first kappa shape index (κ1) is 26.3. The first-order chi connectivity index (χ1) is 17.9. The van der Waals surface area contributed by atoms with Crippen molar-refractivity contribution in [2.24, 2.45) is 0 Å². The van der Waals surface area contributed by atoms with Gasteiger partial charge in [-0.25, -0.2) is 4.68 Å². The van der Waals surface area contributed by atoms with Gasteiger partial charge < -0.3 is 15.2 Å². The van der Waals surface area contributed by atoms with E-state index < -0.39 is 0 Å². The van der Waals surface area contributed by atoms with Crippen molar-refractivity contribution in [3.63, 3.8) is 0 Å². The Morgan fingerprint density at radius 3 is 2.30 bits per heavy atom. The number of anilines is 1. The maximum atomic E-state index is 13.4. The van der Waals surface area contributed by atoms with E-state index in [-0.39, 0.29) is 5.78 Å². The van der Waals surface area contributed by atoms with Crippen LogP contribution in [0, 0.1) is 6.92 Å². The molecule has 0 aliphatic rings. The molecular formula is C30H32ClN3O3. The van der Waals surface area contributed by atoms with Crippen LogP contribution >= 0.6 is 11.6 Å². The van der Waals surface area contributed by atoms with Crippen LogP contribution in [0.1, 0.15) is 52.0 Å². The number of aromatic nitrogens is 2. The monoisotopic (exact) mass is 517 g/mol. The van der Waals surface area contributed by atoms with Crippen LogP contribution in [0.5, 0.6) is 11.5 Å². The maximum absolute atomic E-state index is 13.4. The Labute approximate surface area is 223 Å². The summed E-state index contributed by atoms with van der Waals surface area (Å²) in [4.78, 5) is 13.4. The minimum atomic E-state index is -0.127. The second-order valence-electron chi connectivity index (χ2n) is 9.03. The minimum Gasteiger partial charge on any atom is -0.497 e. The average Bonchev–Trinajstić information content (AvgIpc) is 3.24. The Balaban J connectivity index is 1.51. The SMILES string of the molecule is COc1ccc(CCCCCc2c(C(=O)c3ccc(C)cc3)nn(-c3ccc(Cl)cc3)c2N)c(OC)c1. The van der Waals surface area contributed by atoms with Crippen LogP contribution in [-0.2, 0) is 12.8 Å². The lowest BCUT2D eigenvalue weighted by atomic mass is 9.99. The van der Waals surface area contributed by atoms with E-state index in [2.05, 4.69) is 5.10 Å². The summed E-state index contributed by atoms with van der Waals surface area (Å²) in [6.07, 6.45) is 4.38. The molecule has 1 aromatic heterocycles. The summed E-state index contributed by atoms with van der Waals surface area (Å²) >= 11 is 6.07. The van der Waals surface area contributed by atoms with Crippen LogP contribution in [0.25, 0.3) is 5.69 Å². The van der Waals surface area contributed by atoms with E-state index in [9.17, 15) is 4.79 Å². The second-order valence-corrected chi connectivity index (χ2v) is 9.47. The summed E-state index contributed by atoms with van der Waals surface area (Å²) in [5.74, 6) is 1.96. The van der Waals surface area contributed by atoms with Gasteiger partial charge in [0.25, 0.3) is 0 Å². The molecule has 4 aromatic rings. The van der Waals surface area contributed by atoms with Crippen molar-refractivity contribution in [2.75, 3.05) is 20.0 Å². The highest BCUT2D eigenvalue weighted by atomic mass is 35.5. The zero-order chi connectivity index (χ0) is 26.4. The Kier molecular flexibility index (Phi) is 8.51. The molecule has 37 heavy (non-hydrogen) atoms. The van der Waals surface area contributed by atoms with Gasteiger partial charge in [-0.3, -0.25) is 4.79 Å². The van der Waals surface area contributed by atoms with Crippen molar-refractivity contribution in [2.45, 2.75) is 39.0 Å². The van der Waals surface area contributed by atoms with E-state index in [1.165, 1.54) is 0 Å². The number of ketones is 1. The van der Waals surface area contributed by atoms with Crippen LogP contribution in [0.3, 0.4) is 0 Å². The number of hydrogen-bond donors (Lipinski definition) is 1. The normalized spacial score (nSPS) is 10.9. The van der Waals surface area contributed by atoms with Crippen LogP contribution in [0.15, 0.2) is 66.7 Å². The number of hydrogen-bond acceptors (Lipinski definition) is 5. The molecule has 0 atom stereocenters. The molecule has 0 unspecified atom stereocenters. The number of aryl methyl sites for hydroxylation is 2. The summed E-state index contributed by atoms with van der Waals surface area (Å²) in [7, 11) is 3.32. The molecule has 1 heterocycles. The molecule has 0 radical (unpaired) electrons. The van der Waals surface area contributed by atoms with Crippen molar-refractivity contribution < 1.29 is 14.3 Å². The fourth-order valence-corrected chi connectivity index (χ4v) is 4.49. The van der Waals surface area contributed by atoms with E-state index in [0.29, 0.717) is 28.5 Å². The van der Waals surface area contributed by atoms with Gasteiger partial charge in [0.05, 0.1) is 19.9 Å². The summed E-state index contributed by atoms with van der Waals surface area (Å²) < 4.78 is 12.4. The van der Waals surface area contributed by atoms with Gasteiger partial charge >= 0.3 is 0 Å². The molecule has 0 aliphatic heterocycles. The van der Waals surface area contributed by atoms with Crippen LogP contribution in [0.4, 0.5) is 5.82 Å². The van der Waals surface area contributed by atoms with Gasteiger partial charge in [-0.15, -0.1) is 0 Å². The van der Waals surface area contributed by atoms with Gasteiger partial charge in [-0.05, 0) is 68.5 Å². The Morgan fingerprint density at radius 1 is 0.919 bits per heavy atom. The number of nitrogen functional groups attached to an aromatic ring is 1. The number of carbonyl (C=O) groups is 1. The highest BCUT2D eigenvalue weighted by Gasteiger charge is 2.23. The number of carbonyl (C=O) groups excluding carboxylic acids is 1. The zero-order valence-electron chi connectivity index (χ0n) is 21.5. The summed E-state index contributed by atoms with van der Waals surface area (Å²) in [6, 6.07) is 20.7. The van der Waals surface area contributed by atoms with Crippen molar-refractivity contribution in [3.8, 4) is 17.2 Å². The smallest absolute Gasteiger partial charge is 0.213 e. The molecule has 0 saturated heterocycles. The highest BCUT2D eigenvalue weighted by molar-refractivity contribution is 6.30. The fourth-order valence-electron chi connectivity index (χ4n) is 4.37. The summed E-state index contributed by atoms with van der Waals surface area (Å²) in [5, 5.41) is 5.29. The topological polar surface area (TPSA) is 79.4 Å². The van der Waals surface area contributed by atoms with Crippen molar-refractivity contribution in [1.82, 2.24) is 9.78 Å². The first-order valence-corrected chi connectivity index (χ1v) is 12.7. The number of ether oxygens (including phenoxy) is 2. The standard InChI is InChI=1S/C30H32ClN3O3/c1-20-9-11-22(12-10-20)29(35)28-26(30(32)34(33-28)24-16-14-23(31)15-17-24)8-6-4-5-7-21-13-18-25(36-2)19-27(21)37-3/h9-19H,4-8,32H2,1-3H3. The van der Waals surface area contributed by atoms with Crippen LogP contribution < -0.4 is 15.2 Å². The van der Waals surface area contributed by atoms with E-state index >= 15 is 0 Å². The average molecular weight is 518 g/mol. The van der Waals surface area contributed by atoms with Gasteiger partial charge in [0, 0.05) is 22.2 Å². The molecular weight excluding hydrogens is 486 g/mol. The van der Waals surface area contributed by atoms with Crippen molar-refractivity contribution in [1.29, 1.82) is 0 Å². The third-order valence-electron chi connectivity index (χ3n) is 6.49. The predicted octanol–water partition coefficient (Wildman–Crippen LogP) is 6.62. The number of nitrogens with zero attached hydrogens (tertiary/aromatic N) is 2. The summed E-state index contributed by atoms with van der Waals surface area (Å²) in [6.45, 7) is 1.99. The molecule has 0 saturated carbocycles. The van der Waals surface area contributed by atoms with Gasteiger partial charge in [0.1, 0.15) is 23.0 Å². The number of halogens is 1. The molecule has 0 fully saturated rings. The minimum absolute atomic E-state index is 0.127. The number of benzene rings is 3. The number of rotatable bonds is 11. The molecule has 7 heteroatoms. The number of methoxy groups -OCH3 is 2. The summed E-state index contributed by atoms with van der Waals surface area (Å²) in [5.41, 5.74) is 11.3. The molecule has 4 rings (SSSR count). The lowest BCUT2D eigenvalue weighted by molar-refractivity contribution is 0.103. The number of unbranched alkanes of at least 4 members (excludes halogenated alkanes) is 2. The van der Waals surface area contributed by atoms with Crippen LogP contribution in [-0.4, -0.2) is 29.8 Å². The molecule has 2 N–H and O–H groups in total. The first-order valence-electron chi connectivity index (χ1n) is 12.4. The molecule has 192 valence electrons. The Morgan fingerprint density at radius 2 is 1.62 bits per heavy atom. The second kappa shape index (κ2) is 12.0. The lowest BCUT2D eigenvalue weighted by Gasteiger charge is -2.10. The number of nitrogens with two attached hydrogens (primary N) is 1. The Bertz CT molecular complexity index is 1360. The third kappa shape index (κ3) is 6.15. The third-order valence-corrected chi connectivity index (χ3v) is 6.74. The quantitative estimate of drug-likeness (QED) is 0.179. The molecule has 0 bridgehead atoms. The van der Waals surface area contributed by atoms with Gasteiger partial charge in [-0.2, -0.15) is 5.10 Å².